The molecule has 0 saturated heterocycles. The monoisotopic (exact) mass is 352 g/mol. The van der Waals surface area contributed by atoms with Crippen LogP contribution in [-0.2, 0) is 9.53 Å². The van der Waals surface area contributed by atoms with Crippen LogP contribution >= 0.6 is 15.9 Å². The van der Waals surface area contributed by atoms with E-state index in [0.717, 1.165) is 21.4 Å². The molecule has 0 spiro atoms. The summed E-state index contributed by atoms with van der Waals surface area (Å²) >= 11 is 3.52. The number of carbonyl (C=O) groups is 1. The van der Waals surface area contributed by atoms with E-state index in [1.54, 1.807) is 7.11 Å². The van der Waals surface area contributed by atoms with Gasteiger partial charge < -0.3 is 20.7 Å². The van der Waals surface area contributed by atoms with Crippen LogP contribution in [0, 0.1) is 11.3 Å². The zero-order chi connectivity index (χ0) is 15.4. The normalized spacial score (nSPS) is 16.3. The zero-order valence-electron chi connectivity index (χ0n) is 11.7. The lowest BCUT2D eigenvalue weighted by Gasteiger charge is -2.25. The number of nitrogens with zero attached hydrogens (tertiary/aromatic N) is 2. The Balaban J connectivity index is 2.31. The molecule has 1 unspecified atom stereocenters. The Hall–Kier alpha value is -1.62. The molecule has 0 aliphatic carbocycles. The van der Waals surface area contributed by atoms with Crippen molar-refractivity contribution in [1.29, 1.82) is 5.26 Å². The largest absolute Gasteiger partial charge is 0.383 e. The van der Waals surface area contributed by atoms with Gasteiger partial charge in [0.05, 0.1) is 24.8 Å². The minimum atomic E-state index is -0.628. The molecule has 3 N–H and O–H groups in total. The van der Waals surface area contributed by atoms with E-state index in [9.17, 15) is 4.79 Å². The number of nitrogens with two attached hydrogens (primary N) is 1. The van der Waals surface area contributed by atoms with Gasteiger partial charge in [0.15, 0.2) is 0 Å². The highest BCUT2D eigenvalue weighted by Gasteiger charge is 2.28. The van der Waals surface area contributed by atoms with Gasteiger partial charge in [-0.3, -0.25) is 4.79 Å². The number of ether oxygens (including phenoxy) is 1. The summed E-state index contributed by atoms with van der Waals surface area (Å²) in [6.45, 7) is 1.81. The van der Waals surface area contributed by atoms with Crippen LogP contribution in [0.5, 0.6) is 0 Å². The molecular formula is C14H17BrN4O2. The molecule has 0 fully saturated rings. The molecule has 21 heavy (non-hydrogen) atoms. The van der Waals surface area contributed by atoms with Crippen LogP contribution in [0.25, 0.3) is 0 Å². The molecule has 0 bridgehead atoms. The van der Waals surface area contributed by atoms with Crippen LogP contribution < -0.4 is 16.0 Å². The van der Waals surface area contributed by atoms with Crippen LogP contribution in [0.15, 0.2) is 16.6 Å². The van der Waals surface area contributed by atoms with Crippen molar-refractivity contribution in [3.63, 3.8) is 0 Å². The topological polar surface area (TPSA) is 91.4 Å². The molecule has 1 atom stereocenters. The third-order valence-corrected chi connectivity index (χ3v) is 4.03. The first-order valence-electron chi connectivity index (χ1n) is 6.59. The van der Waals surface area contributed by atoms with Gasteiger partial charge in [0.25, 0.3) is 0 Å². The van der Waals surface area contributed by atoms with Crippen LogP contribution in [0.3, 0.4) is 0 Å². The van der Waals surface area contributed by atoms with Gasteiger partial charge in [-0.2, -0.15) is 5.26 Å². The number of rotatable bonds is 6. The van der Waals surface area contributed by atoms with Gasteiger partial charge >= 0.3 is 0 Å². The zero-order valence-corrected chi connectivity index (χ0v) is 13.3. The molecule has 7 heteroatoms. The van der Waals surface area contributed by atoms with Crippen molar-refractivity contribution >= 4 is 33.2 Å². The molecule has 1 aromatic carbocycles. The predicted molar refractivity (Wildman–Crippen MR) is 84.0 cm³/mol. The number of anilines is 2. The van der Waals surface area contributed by atoms with Crippen LogP contribution in [0.4, 0.5) is 11.4 Å². The molecule has 1 heterocycles. The molecule has 2 rings (SSSR count). The van der Waals surface area contributed by atoms with Gasteiger partial charge in [-0.1, -0.05) is 0 Å². The van der Waals surface area contributed by atoms with Crippen molar-refractivity contribution in [2.45, 2.75) is 12.5 Å². The molecule has 6 nitrogen and oxygen atoms in total. The van der Waals surface area contributed by atoms with E-state index in [2.05, 4.69) is 27.3 Å². The molecule has 0 radical (unpaired) electrons. The van der Waals surface area contributed by atoms with Crippen molar-refractivity contribution in [3.05, 3.63) is 22.2 Å². The second-order valence-corrected chi connectivity index (χ2v) is 5.60. The fraction of sp³-hybridized carbons (Fsp3) is 0.429. The Morgan fingerprint density at radius 1 is 1.52 bits per heavy atom. The molecule has 1 aliphatic rings. The average molecular weight is 353 g/mol. The van der Waals surface area contributed by atoms with Crippen LogP contribution in [0.1, 0.15) is 18.0 Å². The van der Waals surface area contributed by atoms with Crippen molar-refractivity contribution in [3.8, 4) is 6.07 Å². The summed E-state index contributed by atoms with van der Waals surface area (Å²) in [6.07, 6.45) is 0.416. The number of fused-ring (bicyclic) bond motifs is 1. The Morgan fingerprint density at radius 3 is 2.95 bits per heavy atom. The van der Waals surface area contributed by atoms with E-state index in [1.807, 2.05) is 17.0 Å². The Kier molecular flexibility index (Phi) is 5.17. The maximum absolute atomic E-state index is 11.6. The number of amides is 1. The van der Waals surface area contributed by atoms with Crippen molar-refractivity contribution in [2.24, 2.45) is 5.73 Å². The Labute approximate surface area is 132 Å². The van der Waals surface area contributed by atoms with Crippen LogP contribution in [-0.4, -0.2) is 32.7 Å². The molecule has 112 valence electrons. The van der Waals surface area contributed by atoms with Crippen molar-refractivity contribution < 1.29 is 9.53 Å². The fourth-order valence-corrected chi connectivity index (χ4v) is 2.89. The lowest BCUT2D eigenvalue weighted by Crippen LogP contribution is -2.28. The highest BCUT2D eigenvalue weighted by molar-refractivity contribution is 9.10. The molecule has 0 saturated carbocycles. The number of halogens is 1. The molecule has 1 aromatic rings. The van der Waals surface area contributed by atoms with E-state index in [4.69, 9.17) is 15.7 Å². The maximum atomic E-state index is 11.6. The second-order valence-electron chi connectivity index (χ2n) is 4.75. The van der Waals surface area contributed by atoms with E-state index in [0.29, 0.717) is 26.1 Å². The predicted octanol–water partition coefficient (Wildman–Crippen LogP) is 1.77. The minimum Gasteiger partial charge on any atom is -0.383 e. The summed E-state index contributed by atoms with van der Waals surface area (Å²) in [5, 5.41) is 11.6. The summed E-state index contributed by atoms with van der Waals surface area (Å²) < 4.78 is 5.96. The first-order chi connectivity index (χ1) is 10.1. The molecule has 1 amide bonds. The summed E-state index contributed by atoms with van der Waals surface area (Å²) in [5.74, 6) is -0.200. The number of benzene rings is 1. The second kappa shape index (κ2) is 6.89. The summed E-state index contributed by atoms with van der Waals surface area (Å²) in [7, 11) is 1.64. The minimum absolute atomic E-state index is 0.200. The number of nitrogens with one attached hydrogen (secondary N) is 1. The lowest BCUT2D eigenvalue weighted by molar-refractivity contribution is -0.116. The standard InChI is InChI=1S/C14H17BrN4O2/c1-21-6-5-19(4-2-3-16)12-8-11-9(7-10(12)15)13(17)14(20)18-11/h7-8,13H,2,4-6,17H2,1H3,(H,18,20). The number of carbonyl (C=O) groups excluding carboxylic acids is 1. The van der Waals surface area contributed by atoms with Gasteiger partial charge in [-0.25, -0.2) is 0 Å². The average Bonchev–Trinajstić information content (AvgIpc) is 2.74. The van der Waals surface area contributed by atoms with E-state index in [1.165, 1.54) is 0 Å². The smallest absolute Gasteiger partial charge is 0.245 e. The summed E-state index contributed by atoms with van der Waals surface area (Å²) in [4.78, 5) is 13.7. The van der Waals surface area contributed by atoms with Gasteiger partial charge in [-0.05, 0) is 28.1 Å². The van der Waals surface area contributed by atoms with Gasteiger partial charge in [0.2, 0.25) is 5.91 Å². The van der Waals surface area contributed by atoms with Crippen LogP contribution in [0.2, 0.25) is 0 Å². The Bertz CT molecular complexity index is 585. The molecule has 1 aliphatic heterocycles. The van der Waals surface area contributed by atoms with E-state index in [-0.39, 0.29) is 5.91 Å². The van der Waals surface area contributed by atoms with Gasteiger partial charge in [0.1, 0.15) is 6.04 Å². The highest BCUT2D eigenvalue weighted by atomic mass is 79.9. The first kappa shape index (κ1) is 15.8. The van der Waals surface area contributed by atoms with Crippen molar-refractivity contribution in [1.82, 2.24) is 0 Å². The Morgan fingerprint density at radius 2 is 2.29 bits per heavy atom. The quantitative estimate of drug-likeness (QED) is 0.813. The molecular weight excluding hydrogens is 336 g/mol. The molecule has 0 aromatic heterocycles. The number of hydrogen-bond donors (Lipinski definition) is 2. The maximum Gasteiger partial charge on any atom is 0.245 e. The number of nitriles is 1. The summed E-state index contributed by atoms with van der Waals surface area (Å²) in [6, 6.07) is 5.26. The highest BCUT2D eigenvalue weighted by Crippen LogP contribution is 2.38. The van der Waals surface area contributed by atoms with E-state index >= 15 is 0 Å². The van der Waals surface area contributed by atoms with Crippen molar-refractivity contribution in [2.75, 3.05) is 37.0 Å². The van der Waals surface area contributed by atoms with E-state index < -0.39 is 6.04 Å². The third-order valence-electron chi connectivity index (χ3n) is 3.39. The fourth-order valence-electron chi connectivity index (χ4n) is 2.28. The SMILES string of the molecule is COCCN(CCC#N)c1cc2c(cc1Br)C(N)C(=O)N2. The number of methoxy groups -OCH3 is 1. The number of hydrogen-bond acceptors (Lipinski definition) is 5. The lowest BCUT2D eigenvalue weighted by atomic mass is 10.1. The third kappa shape index (κ3) is 3.35. The first-order valence-corrected chi connectivity index (χ1v) is 7.38. The van der Waals surface area contributed by atoms with Gasteiger partial charge in [-0.15, -0.1) is 0 Å². The van der Waals surface area contributed by atoms with Gasteiger partial charge in [0, 0.05) is 35.9 Å². The summed E-state index contributed by atoms with van der Waals surface area (Å²) in [5.41, 5.74) is 8.26.